The van der Waals surface area contributed by atoms with Crippen molar-refractivity contribution in [2.75, 3.05) is 14.2 Å². The van der Waals surface area contributed by atoms with E-state index in [9.17, 15) is 4.79 Å². The van der Waals surface area contributed by atoms with Crippen molar-refractivity contribution in [1.29, 1.82) is 0 Å². The second-order valence-corrected chi connectivity index (χ2v) is 7.29. The van der Waals surface area contributed by atoms with Crippen molar-refractivity contribution in [1.82, 2.24) is 15.5 Å². The summed E-state index contributed by atoms with van der Waals surface area (Å²) in [5.41, 5.74) is 3.04. The van der Waals surface area contributed by atoms with Gasteiger partial charge in [-0.2, -0.15) is 4.98 Å². The zero-order chi connectivity index (χ0) is 21.5. The Labute approximate surface area is 176 Å². The zero-order valence-electron chi connectivity index (χ0n) is 17.8. The van der Waals surface area contributed by atoms with Gasteiger partial charge >= 0.3 is 0 Å². The van der Waals surface area contributed by atoms with E-state index < -0.39 is 0 Å². The van der Waals surface area contributed by atoms with E-state index in [0.29, 0.717) is 42.1 Å². The predicted octanol–water partition coefficient (Wildman–Crippen LogP) is 4.13. The van der Waals surface area contributed by atoms with Crippen LogP contribution in [0.15, 0.2) is 47.0 Å². The van der Waals surface area contributed by atoms with Crippen molar-refractivity contribution in [2.45, 2.75) is 39.2 Å². The Kier molecular flexibility index (Phi) is 7.06. The molecule has 1 N–H and O–H groups in total. The summed E-state index contributed by atoms with van der Waals surface area (Å²) in [7, 11) is 3.18. The first-order valence-electron chi connectivity index (χ1n) is 9.90. The number of ether oxygens (including phenoxy) is 2. The van der Waals surface area contributed by atoms with Gasteiger partial charge in [-0.1, -0.05) is 43.3 Å². The van der Waals surface area contributed by atoms with Gasteiger partial charge in [-0.3, -0.25) is 4.79 Å². The van der Waals surface area contributed by atoms with Gasteiger partial charge in [0.1, 0.15) is 11.5 Å². The Morgan fingerprint density at radius 1 is 1.07 bits per heavy atom. The lowest BCUT2D eigenvalue weighted by molar-refractivity contribution is -0.121. The van der Waals surface area contributed by atoms with Gasteiger partial charge in [0.25, 0.3) is 0 Å². The minimum atomic E-state index is -0.0992. The number of nitrogens with zero attached hydrogens (tertiary/aromatic N) is 2. The van der Waals surface area contributed by atoms with Crippen LogP contribution in [0.2, 0.25) is 0 Å². The third-order valence-electron chi connectivity index (χ3n) is 4.77. The predicted molar refractivity (Wildman–Crippen MR) is 114 cm³/mol. The van der Waals surface area contributed by atoms with E-state index >= 15 is 0 Å². The lowest BCUT2D eigenvalue weighted by Gasteiger charge is -2.09. The summed E-state index contributed by atoms with van der Waals surface area (Å²) in [6.45, 7) is 4.68. The van der Waals surface area contributed by atoms with E-state index in [4.69, 9.17) is 14.0 Å². The summed E-state index contributed by atoms with van der Waals surface area (Å²) in [6, 6.07) is 13.6. The summed E-state index contributed by atoms with van der Waals surface area (Å²) < 4.78 is 15.8. The number of carbonyl (C=O) groups is 1. The number of rotatable bonds is 9. The Bertz CT molecular complexity index is 958. The number of hydrogen-bond acceptors (Lipinski definition) is 6. The number of carbonyl (C=O) groups excluding carboxylic acids is 1. The van der Waals surface area contributed by atoms with E-state index in [1.165, 1.54) is 5.56 Å². The Balaban J connectivity index is 1.52. The molecule has 0 aliphatic rings. The summed E-state index contributed by atoms with van der Waals surface area (Å²) in [5.74, 6) is 2.70. The first-order chi connectivity index (χ1) is 14.5. The van der Waals surface area contributed by atoms with Crippen LogP contribution in [0.5, 0.6) is 11.5 Å². The standard InChI is InChI=1S/C23H27N3O4/c1-15(2)17-5-7-18(8-6-17)23-25-22(30-26-23)10-9-21(27)24-14-16-11-19(28-3)13-20(12-16)29-4/h5-8,11-13,15H,9-10,14H2,1-4H3,(H,24,27). The Morgan fingerprint density at radius 3 is 2.33 bits per heavy atom. The van der Waals surface area contributed by atoms with Gasteiger partial charge in [0.2, 0.25) is 17.6 Å². The van der Waals surface area contributed by atoms with Crippen molar-refractivity contribution in [3.63, 3.8) is 0 Å². The fourth-order valence-corrected chi connectivity index (χ4v) is 2.97. The number of amides is 1. The maximum Gasteiger partial charge on any atom is 0.227 e. The smallest absolute Gasteiger partial charge is 0.227 e. The number of aromatic nitrogens is 2. The van der Waals surface area contributed by atoms with Crippen molar-refractivity contribution in [2.24, 2.45) is 0 Å². The molecular formula is C23H27N3O4. The van der Waals surface area contributed by atoms with Crippen LogP contribution in [-0.4, -0.2) is 30.3 Å². The molecule has 0 unspecified atom stereocenters. The zero-order valence-corrected chi connectivity index (χ0v) is 17.8. The maximum absolute atomic E-state index is 12.2. The third kappa shape index (κ3) is 5.59. The highest BCUT2D eigenvalue weighted by molar-refractivity contribution is 5.76. The Morgan fingerprint density at radius 2 is 1.73 bits per heavy atom. The number of benzene rings is 2. The molecule has 158 valence electrons. The fourth-order valence-electron chi connectivity index (χ4n) is 2.97. The molecule has 0 spiro atoms. The lowest BCUT2D eigenvalue weighted by Crippen LogP contribution is -2.23. The van der Waals surface area contributed by atoms with Gasteiger partial charge in [0.15, 0.2) is 0 Å². The van der Waals surface area contributed by atoms with Crippen LogP contribution in [-0.2, 0) is 17.8 Å². The summed E-state index contributed by atoms with van der Waals surface area (Å²) in [6.07, 6.45) is 0.638. The normalized spacial score (nSPS) is 10.8. The van der Waals surface area contributed by atoms with Gasteiger partial charge in [0, 0.05) is 31.0 Å². The Hall–Kier alpha value is -3.35. The van der Waals surface area contributed by atoms with Gasteiger partial charge in [-0.15, -0.1) is 0 Å². The van der Waals surface area contributed by atoms with Gasteiger partial charge in [-0.05, 0) is 29.2 Å². The van der Waals surface area contributed by atoms with Crippen molar-refractivity contribution < 1.29 is 18.8 Å². The van der Waals surface area contributed by atoms with Crippen LogP contribution in [0.25, 0.3) is 11.4 Å². The van der Waals surface area contributed by atoms with Crippen molar-refractivity contribution >= 4 is 5.91 Å². The second kappa shape index (κ2) is 9.91. The lowest BCUT2D eigenvalue weighted by atomic mass is 10.0. The van der Waals surface area contributed by atoms with Crippen LogP contribution in [0.4, 0.5) is 0 Å². The molecule has 0 aliphatic heterocycles. The van der Waals surface area contributed by atoms with Crippen LogP contribution >= 0.6 is 0 Å². The molecule has 1 aromatic heterocycles. The van der Waals surface area contributed by atoms with E-state index in [0.717, 1.165) is 11.1 Å². The highest BCUT2D eigenvalue weighted by atomic mass is 16.5. The molecule has 0 fully saturated rings. The molecule has 0 bridgehead atoms. The number of aryl methyl sites for hydroxylation is 1. The quantitative estimate of drug-likeness (QED) is 0.572. The van der Waals surface area contributed by atoms with Crippen molar-refractivity contribution in [3.8, 4) is 22.9 Å². The highest BCUT2D eigenvalue weighted by Crippen LogP contribution is 2.23. The van der Waals surface area contributed by atoms with E-state index in [1.807, 2.05) is 24.3 Å². The van der Waals surface area contributed by atoms with Crippen LogP contribution in [0.3, 0.4) is 0 Å². The number of hydrogen-bond donors (Lipinski definition) is 1. The number of nitrogens with one attached hydrogen (secondary N) is 1. The van der Waals surface area contributed by atoms with Crippen LogP contribution in [0.1, 0.15) is 43.2 Å². The molecule has 0 saturated carbocycles. The van der Waals surface area contributed by atoms with E-state index in [2.05, 4.69) is 41.4 Å². The molecule has 3 rings (SSSR count). The molecule has 7 nitrogen and oxygen atoms in total. The molecular weight excluding hydrogens is 382 g/mol. The van der Waals surface area contributed by atoms with Gasteiger partial charge in [0.05, 0.1) is 14.2 Å². The van der Waals surface area contributed by atoms with Gasteiger partial charge in [-0.25, -0.2) is 0 Å². The molecule has 0 aliphatic carbocycles. The summed E-state index contributed by atoms with van der Waals surface area (Å²) in [4.78, 5) is 16.6. The molecule has 1 amide bonds. The van der Waals surface area contributed by atoms with Crippen LogP contribution in [0, 0.1) is 0 Å². The maximum atomic E-state index is 12.2. The molecule has 1 heterocycles. The molecule has 0 atom stereocenters. The average Bonchev–Trinajstić information content (AvgIpc) is 3.25. The topological polar surface area (TPSA) is 86.5 Å². The summed E-state index contributed by atoms with van der Waals surface area (Å²) >= 11 is 0. The first-order valence-corrected chi connectivity index (χ1v) is 9.90. The summed E-state index contributed by atoms with van der Waals surface area (Å²) in [5, 5.41) is 6.91. The number of methoxy groups -OCH3 is 2. The minimum absolute atomic E-state index is 0.0992. The first kappa shape index (κ1) is 21.4. The second-order valence-electron chi connectivity index (χ2n) is 7.29. The third-order valence-corrected chi connectivity index (χ3v) is 4.77. The van der Waals surface area contributed by atoms with Gasteiger partial charge < -0.3 is 19.3 Å². The molecule has 0 radical (unpaired) electrons. The molecule has 3 aromatic rings. The van der Waals surface area contributed by atoms with Crippen molar-refractivity contribution in [3.05, 3.63) is 59.5 Å². The van der Waals surface area contributed by atoms with E-state index in [-0.39, 0.29) is 12.3 Å². The molecule has 30 heavy (non-hydrogen) atoms. The monoisotopic (exact) mass is 409 g/mol. The highest BCUT2D eigenvalue weighted by Gasteiger charge is 2.11. The van der Waals surface area contributed by atoms with Crippen LogP contribution < -0.4 is 14.8 Å². The SMILES string of the molecule is COc1cc(CNC(=O)CCc2nc(-c3ccc(C(C)C)cc3)no2)cc(OC)c1. The molecule has 0 saturated heterocycles. The largest absolute Gasteiger partial charge is 0.497 e. The fraction of sp³-hybridized carbons (Fsp3) is 0.348. The molecule has 7 heteroatoms. The average molecular weight is 409 g/mol. The molecule has 2 aromatic carbocycles. The van der Waals surface area contributed by atoms with E-state index in [1.54, 1.807) is 20.3 Å². The minimum Gasteiger partial charge on any atom is -0.497 e.